The van der Waals surface area contributed by atoms with Gasteiger partial charge in [0.05, 0.1) is 6.04 Å². The summed E-state index contributed by atoms with van der Waals surface area (Å²) in [5, 5.41) is 5.41. The average molecular weight is 259 g/mol. The SMILES string of the molecule is Cc1nc2c3c(nn(C)c3n1)OCC1CCCCN21. The van der Waals surface area contributed by atoms with Gasteiger partial charge in [-0.2, -0.15) is 0 Å². The lowest BCUT2D eigenvalue weighted by molar-refractivity contribution is 0.257. The minimum Gasteiger partial charge on any atom is -0.474 e. The monoisotopic (exact) mass is 259 g/mol. The number of anilines is 1. The Bertz CT molecular complexity index is 650. The van der Waals surface area contributed by atoms with Crippen molar-refractivity contribution in [1.82, 2.24) is 19.7 Å². The number of hydrogen-bond acceptors (Lipinski definition) is 5. The van der Waals surface area contributed by atoms with Gasteiger partial charge in [-0.25, -0.2) is 14.6 Å². The van der Waals surface area contributed by atoms with Crippen molar-refractivity contribution in [1.29, 1.82) is 0 Å². The Kier molecular flexibility index (Phi) is 2.22. The van der Waals surface area contributed by atoms with Gasteiger partial charge in [-0.1, -0.05) is 0 Å². The number of nitrogens with zero attached hydrogens (tertiary/aromatic N) is 5. The molecule has 2 aromatic rings. The van der Waals surface area contributed by atoms with Gasteiger partial charge in [-0.15, -0.1) is 5.10 Å². The predicted molar refractivity (Wildman–Crippen MR) is 71.5 cm³/mol. The van der Waals surface area contributed by atoms with Crippen LogP contribution in [0.2, 0.25) is 0 Å². The molecule has 2 aromatic heterocycles. The molecule has 4 rings (SSSR count). The van der Waals surface area contributed by atoms with E-state index in [9.17, 15) is 0 Å². The quantitative estimate of drug-likeness (QED) is 0.716. The molecule has 2 aliphatic heterocycles. The normalized spacial score (nSPS) is 22.0. The molecule has 100 valence electrons. The van der Waals surface area contributed by atoms with Crippen LogP contribution in [-0.4, -0.2) is 38.9 Å². The molecular weight excluding hydrogens is 242 g/mol. The summed E-state index contributed by atoms with van der Waals surface area (Å²) in [7, 11) is 1.90. The summed E-state index contributed by atoms with van der Waals surface area (Å²) >= 11 is 0. The van der Waals surface area contributed by atoms with Crippen LogP contribution in [0.5, 0.6) is 5.88 Å². The fourth-order valence-corrected chi connectivity index (χ4v) is 3.14. The number of hydrogen-bond donors (Lipinski definition) is 0. The third kappa shape index (κ3) is 1.52. The topological polar surface area (TPSA) is 56.1 Å². The second kappa shape index (κ2) is 3.82. The number of aromatic nitrogens is 4. The molecule has 0 aromatic carbocycles. The number of aryl methyl sites for hydroxylation is 2. The van der Waals surface area contributed by atoms with Crippen molar-refractivity contribution < 1.29 is 4.74 Å². The fourth-order valence-electron chi connectivity index (χ4n) is 3.14. The molecule has 19 heavy (non-hydrogen) atoms. The molecule has 0 amide bonds. The van der Waals surface area contributed by atoms with E-state index in [4.69, 9.17) is 4.74 Å². The largest absolute Gasteiger partial charge is 0.474 e. The molecule has 1 fully saturated rings. The van der Waals surface area contributed by atoms with Crippen LogP contribution in [0, 0.1) is 6.92 Å². The van der Waals surface area contributed by atoms with Crippen LogP contribution >= 0.6 is 0 Å². The van der Waals surface area contributed by atoms with E-state index in [-0.39, 0.29) is 0 Å². The molecule has 1 saturated heterocycles. The summed E-state index contributed by atoms with van der Waals surface area (Å²) in [4.78, 5) is 11.6. The lowest BCUT2D eigenvalue weighted by Crippen LogP contribution is -2.43. The summed E-state index contributed by atoms with van der Waals surface area (Å²) in [6, 6.07) is 0.422. The van der Waals surface area contributed by atoms with Crippen LogP contribution in [0.1, 0.15) is 25.1 Å². The molecule has 0 saturated carbocycles. The maximum Gasteiger partial charge on any atom is 0.246 e. The second-order valence-corrected chi connectivity index (χ2v) is 5.38. The fraction of sp³-hybridized carbons (Fsp3) is 0.615. The van der Waals surface area contributed by atoms with Gasteiger partial charge >= 0.3 is 0 Å². The molecule has 4 heterocycles. The van der Waals surface area contributed by atoms with Gasteiger partial charge in [0.1, 0.15) is 23.6 Å². The van der Waals surface area contributed by atoms with Crippen LogP contribution in [0.4, 0.5) is 5.82 Å². The van der Waals surface area contributed by atoms with Gasteiger partial charge in [0.2, 0.25) is 5.88 Å². The number of fused-ring (bicyclic) bond motifs is 2. The van der Waals surface area contributed by atoms with E-state index >= 15 is 0 Å². The molecule has 0 spiro atoms. The lowest BCUT2D eigenvalue weighted by atomic mass is 10.0. The molecule has 0 N–H and O–H groups in total. The molecular formula is C13H17N5O. The second-order valence-electron chi connectivity index (χ2n) is 5.38. The molecule has 0 radical (unpaired) electrons. The maximum atomic E-state index is 5.90. The Morgan fingerprint density at radius 2 is 2.16 bits per heavy atom. The third-order valence-corrected chi connectivity index (χ3v) is 4.06. The van der Waals surface area contributed by atoms with E-state index in [2.05, 4.69) is 20.0 Å². The summed E-state index contributed by atoms with van der Waals surface area (Å²) in [5.41, 5.74) is 0.865. The van der Waals surface area contributed by atoms with E-state index in [0.29, 0.717) is 18.5 Å². The summed E-state index contributed by atoms with van der Waals surface area (Å²) < 4.78 is 7.68. The van der Waals surface area contributed by atoms with Gasteiger partial charge in [-0.05, 0) is 26.2 Å². The van der Waals surface area contributed by atoms with Crippen LogP contribution in [0.3, 0.4) is 0 Å². The highest BCUT2D eigenvalue weighted by molar-refractivity contribution is 5.93. The predicted octanol–water partition coefficient (Wildman–Crippen LogP) is 1.42. The Morgan fingerprint density at radius 3 is 3.05 bits per heavy atom. The molecule has 1 atom stereocenters. The van der Waals surface area contributed by atoms with Crippen molar-refractivity contribution in [3.63, 3.8) is 0 Å². The van der Waals surface area contributed by atoms with Crippen molar-refractivity contribution in [2.75, 3.05) is 18.1 Å². The zero-order chi connectivity index (χ0) is 13.0. The van der Waals surface area contributed by atoms with Crippen molar-refractivity contribution in [3.8, 4) is 5.88 Å². The zero-order valence-electron chi connectivity index (χ0n) is 11.3. The average Bonchev–Trinajstić information content (AvgIpc) is 2.63. The van der Waals surface area contributed by atoms with Crippen LogP contribution in [0.25, 0.3) is 11.0 Å². The summed E-state index contributed by atoms with van der Waals surface area (Å²) in [6.45, 7) is 3.68. The number of rotatable bonds is 0. The number of ether oxygens (including phenoxy) is 1. The summed E-state index contributed by atoms with van der Waals surface area (Å²) in [6.07, 6.45) is 3.65. The standard InChI is InChI=1S/C13H17N5O/c1-8-14-11-10-12(15-8)18-6-4-3-5-9(18)7-19-13(10)16-17(11)2/h9H,3-7H2,1-2H3. The van der Waals surface area contributed by atoms with Gasteiger partial charge in [0.25, 0.3) is 0 Å². The van der Waals surface area contributed by atoms with Crippen molar-refractivity contribution in [2.24, 2.45) is 7.05 Å². The number of piperidine rings is 1. The Labute approximate surface area is 111 Å². The van der Waals surface area contributed by atoms with Crippen molar-refractivity contribution in [2.45, 2.75) is 32.2 Å². The van der Waals surface area contributed by atoms with E-state index < -0.39 is 0 Å². The van der Waals surface area contributed by atoms with Crippen molar-refractivity contribution >= 4 is 16.9 Å². The van der Waals surface area contributed by atoms with Crippen LogP contribution in [-0.2, 0) is 7.05 Å². The highest BCUT2D eigenvalue weighted by Gasteiger charge is 2.32. The Balaban J connectivity index is 2.00. The first-order valence-electron chi connectivity index (χ1n) is 6.85. The first-order valence-corrected chi connectivity index (χ1v) is 6.85. The first-order chi connectivity index (χ1) is 9.24. The highest BCUT2D eigenvalue weighted by atomic mass is 16.5. The maximum absolute atomic E-state index is 5.90. The highest BCUT2D eigenvalue weighted by Crippen LogP contribution is 2.37. The smallest absolute Gasteiger partial charge is 0.246 e. The zero-order valence-corrected chi connectivity index (χ0v) is 11.3. The Hall–Kier alpha value is -1.85. The molecule has 1 unspecified atom stereocenters. The molecule has 6 nitrogen and oxygen atoms in total. The molecule has 0 aliphatic carbocycles. The van der Waals surface area contributed by atoms with E-state index in [0.717, 1.165) is 29.2 Å². The minimum atomic E-state index is 0.422. The van der Waals surface area contributed by atoms with Gasteiger partial charge < -0.3 is 9.64 Å². The molecule has 6 heteroatoms. The van der Waals surface area contributed by atoms with E-state index in [1.807, 2.05) is 14.0 Å². The molecule has 0 bridgehead atoms. The minimum absolute atomic E-state index is 0.422. The van der Waals surface area contributed by atoms with E-state index in [1.165, 1.54) is 19.3 Å². The third-order valence-electron chi connectivity index (χ3n) is 4.06. The van der Waals surface area contributed by atoms with Gasteiger partial charge in [0.15, 0.2) is 5.65 Å². The van der Waals surface area contributed by atoms with Crippen LogP contribution < -0.4 is 9.64 Å². The van der Waals surface area contributed by atoms with Gasteiger partial charge in [-0.3, -0.25) is 0 Å². The van der Waals surface area contributed by atoms with Gasteiger partial charge in [0, 0.05) is 13.6 Å². The Morgan fingerprint density at radius 1 is 1.26 bits per heavy atom. The first kappa shape index (κ1) is 11.0. The van der Waals surface area contributed by atoms with Crippen LogP contribution in [0.15, 0.2) is 0 Å². The van der Waals surface area contributed by atoms with Crippen molar-refractivity contribution in [3.05, 3.63) is 5.82 Å². The molecule has 2 aliphatic rings. The lowest BCUT2D eigenvalue weighted by Gasteiger charge is -2.35. The summed E-state index contributed by atoms with van der Waals surface area (Å²) in [5.74, 6) is 2.48. The van der Waals surface area contributed by atoms with E-state index in [1.54, 1.807) is 4.68 Å².